The summed E-state index contributed by atoms with van der Waals surface area (Å²) >= 11 is 0. The van der Waals surface area contributed by atoms with E-state index in [9.17, 15) is 24.9 Å². The average molecular weight is 558 g/mol. The van der Waals surface area contributed by atoms with E-state index in [0.717, 1.165) is 25.7 Å². The van der Waals surface area contributed by atoms with Crippen LogP contribution in [0.15, 0.2) is 0 Å². The molecule has 228 valence electrons. The minimum Gasteiger partial charge on any atom is -0.392 e. The number of nitrogens with zero attached hydrogens (tertiary/aromatic N) is 2. The van der Waals surface area contributed by atoms with E-state index in [1.807, 2.05) is 32.8 Å². The number of carbonyl (C=O) groups excluding carboxylic acids is 2. The van der Waals surface area contributed by atoms with Crippen molar-refractivity contribution in [3.8, 4) is 0 Å². The number of nitrogens with one attached hydrogen (secondary N) is 1. The number of amides is 2. The molecule has 2 rings (SSSR count). The summed E-state index contributed by atoms with van der Waals surface area (Å²) in [7, 11) is 5.57. The van der Waals surface area contributed by atoms with Crippen molar-refractivity contribution in [1.82, 2.24) is 15.1 Å². The maximum Gasteiger partial charge on any atom is 0.225 e. The Labute approximate surface area is 235 Å². The Bertz CT molecular complexity index is 780. The number of likely N-dealkylation sites (N-methyl/N-ethyl adjacent to an activating group) is 1. The first-order chi connectivity index (χ1) is 18.2. The molecule has 10 nitrogen and oxygen atoms in total. The summed E-state index contributed by atoms with van der Waals surface area (Å²) in [4.78, 5) is 29.2. The Morgan fingerprint density at radius 2 is 1.69 bits per heavy atom. The average Bonchev–Trinajstić information content (AvgIpc) is 2.85. The van der Waals surface area contributed by atoms with Gasteiger partial charge in [-0.25, -0.2) is 0 Å². The first-order valence-electron chi connectivity index (χ1n) is 14.7. The van der Waals surface area contributed by atoms with E-state index in [1.54, 1.807) is 32.7 Å². The van der Waals surface area contributed by atoms with Crippen molar-refractivity contribution in [2.24, 2.45) is 17.8 Å². The van der Waals surface area contributed by atoms with Crippen molar-refractivity contribution in [3.05, 3.63) is 0 Å². The van der Waals surface area contributed by atoms with E-state index in [2.05, 4.69) is 5.32 Å². The minimum atomic E-state index is -1.46. The lowest BCUT2D eigenvalue weighted by Crippen LogP contribution is -2.59. The minimum absolute atomic E-state index is 0.0729. The third-order valence-corrected chi connectivity index (χ3v) is 8.50. The van der Waals surface area contributed by atoms with E-state index >= 15 is 0 Å². The van der Waals surface area contributed by atoms with Crippen LogP contribution in [0, 0.1) is 17.8 Å². The molecule has 10 heteroatoms. The Morgan fingerprint density at radius 1 is 1.05 bits per heavy atom. The Balaban J connectivity index is 2.36. The maximum atomic E-state index is 12.9. The molecule has 0 aromatic heterocycles. The fourth-order valence-electron chi connectivity index (χ4n) is 6.20. The monoisotopic (exact) mass is 557 g/mol. The second kappa shape index (κ2) is 15.1. The lowest BCUT2D eigenvalue weighted by atomic mass is 9.77. The second-order valence-corrected chi connectivity index (χ2v) is 12.7. The molecule has 2 amide bonds. The first kappa shape index (κ1) is 33.9. The number of ether oxygens (including phenoxy) is 2. The van der Waals surface area contributed by atoms with Crippen LogP contribution >= 0.6 is 0 Å². The number of hydrogen-bond acceptors (Lipinski definition) is 8. The summed E-state index contributed by atoms with van der Waals surface area (Å²) in [5.41, 5.74) is -1.46. The van der Waals surface area contributed by atoms with Crippen LogP contribution in [-0.4, -0.2) is 114 Å². The highest BCUT2D eigenvalue weighted by atomic mass is 16.7. The molecule has 2 aliphatic heterocycles. The zero-order valence-electron chi connectivity index (χ0n) is 25.4. The molecule has 2 heterocycles. The standard InChI is InChI=1S/C29H55N3O7/c1-18-16-29(5,37)26(39-28-25(35)22(31(6)7)15-19(2)38-28)20(3)24(34)21(4)27(36)30-14-12-10-9-11-13-23(33)32(8)17-18/h18-22,24-26,28,34-35,37H,9-17H2,1-8H3,(H,30,36)/t18-,19-,20+,21-,22+,24+,25-,26-,28+,29-/m1/s1. The predicted octanol–water partition coefficient (Wildman–Crippen LogP) is 1.75. The van der Waals surface area contributed by atoms with Gasteiger partial charge in [0.15, 0.2) is 6.29 Å². The molecule has 0 spiro atoms. The van der Waals surface area contributed by atoms with Crippen LogP contribution in [0.5, 0.6) is 0 Å². The highest BCUT2D eigenvalue weighted by Crippen LogP contribution is 2.35. The highest BCUT2D eigenvalue weighted by molar-refractivity contribution is 5.78. The van der Waals surface area contributed by atoms with Gasteiger partial charge in [-0.1, -0.05) is 33.6 Å². The number of rotatable bonds is 3. The van der Waals surface area contributed by atoms with Gasteiger partial charge in [-0.15, -0.1) is 0 Å². The Hall–Kier alpha value is -1.30. The van der Waals surface area contributed by atoms with E-state index in [1.165, 1.54) is 0 Å². The SMILES string of the molecule is C[C@H]1CN(C)C(=O)CCCCCCNC(=O)[C@H](C)[C@@H](O)[C@H](C)[C@@H](O[C@@H]2O[C@H](C)C[C@H](N(C)C)[C@H]2O)[C@](C)(O)C1. The molecular formula is C29H55N3O7. The first-order valence-corrected chi connectivity index (χ1v) is 14.7. The summed E-state index contributed by atoms with van der Waals surface area (Å²) in [5.74, 6) is -1.66. The van der Waals surface area contributed by atoms with Gasteiger partial charge in [0, 0.05) is 38.5 Å². The lowest BCUT2D eigenvalue weighted by molar-refractivity contribution is -0.299. The number of carbonyl (C=O) groups is 2. The Kier molecular flexibility index (Phi) is 13.1. The molecule has 0 aliphatic carbocycles. The summed E-state index contributed by atoms with van der Waals surface area (Å²) in [5, 5.41) is 37.2. The topological polar surface area (TPSA) is 132 Å². The van der Waals surface area contributed by atoms with Crippen LogP contribution in [0.3, 0.4) is 0 Å². The van der Waals surface area contributed by atoms with Crippen molar-refractivity contribution in [3.63, 3.8) is 0 Å². The van der Waals surface area contributed by atoms with Crippen LogP contribution in [0.25, 0.3) is 0 Å². The summed E-state index contributed by atoms with van der Waals surface area (Å²) < 4.78 is 12.4. The molecule has 2 fully saturated rings. The quantitative estimate of drug-likeness (QED) is 0.413. The summed E-state index contributed by atoms with van der Waals surface area (Å²) in [6.07, 6.45) is 0.561. The normalized spacial score (nSPS) is 41.1. The molecule has 39 heavy (non-hydrogen) atoms. The molecule has 0 radical (unpaired) electrons. The van der Waals surface area contributed by atoms with Gasteiger partial charge < -0.3 is 39.9 Å². The van der Waals surface area contributed by atoms with Crippen molar-refractivity contribution < 1.29 is 34.4 Å². The van der Waals surface area contributed by atoms with E-state index in [4.69, 9.17) is 9.47 Å². The van der Waals surface area contributed by atoms with Gasteiger partial charge in [-0.05, 0) is 59.5 Å². The Morgan fingerprint density at radius 3 is 2.33 bits per heavy atom. The maximum absolute atomic E-state index is 12.9. The zero-order valence-corrected chi connectivity index (χ0v) is 25.4. The summed E-state index contributed by atoms with van der Waals surface area (Å²) in [6.45, 7) is 9.96. The molecule has 0 aromatic rings. The predicted molar refractivity (Wildman–Crippen MR) is 150 cm³/mol. The van der Waals surface area contributed by atoms with Gasteiger partial charge in [0.2, 0.25) is 11.8 Å². The zero-order chi connectivity index (χ0) is 29.5. The van der Waals surface area contributed by atoms with E-state index in [-0.39, 0.29) is 36.3 Å². The van der Waals surface area contributed by atoms with Crippen LogP contribution in [0.2, 0.25) is 0 Å². The van der Waals surface area contributed by atoms with Gasteiger partial charge in [0.25, 0.3) is 0 Å². The summed E-state index contributed by atoms with van der Waals surface area (Å²) in [6, 6.07) is -0.202. The van der Waals surface area contributed by atoms with Crippen LogP contribution in [-0.2, 0) is 19.1 Å². The van der Waals surface area contributed by atoms with Gasteiger partial charge >= 0.3 is 0 Å². The number of hydrogen-bond donors (Lipinski definition) is 4. The molecule has 2 saturated heterocycles. The second-order valence-electron chi connectivity index (χ2n) is 12.7. The number of aliphatic hydroxyl groups excluding tert-OH is 2. The fraction of sp³-hybridized carbons (Fsp3) is 0.931. The van der Waals surface area contributed by atoms with Gasteiger partial charge in [-0.2, -0.15) is 0 Å². The molecule has 2 aliphatic rings. The molecule has 10 atom stereocenters. The molecule has 0 bridgehead atoms. The van der Waals surface area contributed by atoms with Crippen molar-refractivity contribution >= 4 is 11.8 Å². The number of aliphatic hydroxyl groups is 3. The molecular weight excluding hydrogens is 502 g/mol. The van der Waals surface area contributed by atoms with E-state index in [0.29, 0.717) is 25.9 Å². The third kappa shape index (κ3) is 9.64. The lowest BCUT2D eigenvalue weighted by Gasteiger charge is -2.46. The molecule has 0 unspecified atom stereocenters. The van der Waals surface area contributed by atoms with Crippen molar-refractivity contribution in [2.45, 2.75) is 122 Å². The van der Waals surface area contributed by atoms with Crippen LogP contribution in [0.4, 0.5) is 0 Å². The van der Waals surface area contributed by atoms with Crippen LogP contribution < -0.4 is 5.32 Å². The fourth-order valence-corrected chi connectivity index (χ4v) is 6.20. The van der Waals surface area contributed by atoms with Crippen LogP contribution in [0.1, 0.15) is 79.6 Å². The largest absolute Gasteiger partial charge is 0.392 e. The van der Waals surface area contributed by atoms with Gasteiger partial charge in [0.05, 0.1) is 29.8 Å². The van der Waals surface area contributed by atoms with Gasteiger partial charge in [-0.3, -0.25) is 9.59 Å². The van der Waals surface area contributed by atoms with Crippen molar-refractivity contribution in [1.29, 1.82) is 0 Å². The highest BCUT2D eigenvalue weighted by Gasteiger charge is 2.47. The smallest absolute Gasteiger partial charge is 0.225 e. The van der Waals surface area contributed by atoms with Gasteiger partial charge in [0.1, 0.15) is 6.10 Å². The van der Waals surface area contributed by atoms with E-state index < -0.39 is 42.0 Å². The third-order valence-electron chi connectivity index (χ3n) is 8.50. The molecule has 4 N–H and O–H groups in total. The molecule has 0 aromatic carbocycles. The van der Waals surface area contributed by atoms with Crippen molar-refractivity contribution in [2.75, 3.05) is 34.2 Å². The molecule has 0 saturated carbocycles.